The molecule has 166 valence electrons. The van der Waals surface area contributed by atoms with Crippen molar-refractivity contribution in [1.29, 1.82) is 0 Å². The minimum absolute atomic E-state index is 0.0463. The lowest BCUT2D eigenvalue weighted by molar-refractivity contribution is -0.106. The summed E-state index contributed by atoms with van der Waals surface area (Å²) in [6.07, 6.45) is 1.68. The minimum Gasteiger partial charge on any atom is -0.491 e. The summed E-state index contributed by atoms with van der Waals surface area (Å²) < 4.78 is 25.2. The average Bonchev–Trinajstić information content (AvgIpc) is 2.76. The van der Waals surface area contributed by atoms with Gasteiger partial charge in [-0.15, -0.1) is 0 Å². The largest absolute Gasteiger partial charge is 0.491 e. The summed E-state index contributed by atoms with van der Waals surface area (Å²) in [4.78, 5) is 17.2. The fourth-order valence-corrected chi connectivity index (χ4v) is 2.90. The molecular formula is C21H25ClFN5O3. The van der Waals surface area contributed by atoms with Crippen molar-refractivity contribution in [3.05, 3.63) is 53.1 Å². The standard InChI is InChI=1S/C20H22ClFN4O2.CH3NO/c1-3-23-11-13-9-14-17(10-18(13)28-8-7-27-2)24-12-25-20(14)26-16-6-4-5-15(21)19(16)22;2-1-3/h4-6,9-10,12,23H,3,7-8,11H2,1-2H3,(H,24,25,26);1H,(H2,2,3). The fraction of sp³-hybridized carbons (Fsp3) is 0.286. The number of carbonyl (C=O) groups excluding carboxylic acids is 1. The van der Waals surface area contributed by atoms with Crippen LogP contribution >= 0.6 is 11.6 Å². The molecule has 3 aromatic rings. The number of carbonyl (C=O) groups is 1. The van der Waals surface area contributed by atoms with E-state index >= 15 is 0 Å². The number of nitrogens with one attached hydrogen (secondary N) is 2. The monoisotopic (exact) mass is 449 g/mol. The molecule has 1 heterocycles. The Balaban J connectivity index is 0.00000107. The van der Waals surface area contributed by atoms with Crippen LogP contribution in [0.5, 0.6) is 5.75 Å². The number of aromatic nitrogens is 2. The van der Waals surface area contributed by atoms with Gasteiger partial charge in [-0.2, -0.15) is 0 Å². The number of halogens is 2. The van der Waals surface area contributed by atoms with Gasteiger partial charge in [-0.25, -0.2) is 14.4 Å². The number of rotatable bonds is 9. The van der Waals surface area contributed by atoms with Gasteiger partial charge in [0, 0.05) is 30.7 Å². The van der Waals surface area contributed by atoms with E-state index in [1.165, 1.54) is 12.4 Å². The molecule has 0 fully saturated rings. The third kappa shape index (κ3) is 6.74. The molecule has 0 atom stereocenters. The molecule has 0 aliphatic carbocycles. The van der Waals surface area contributed by atoms with Crippen molar-refractivity contribution < 1.29 is 18.7 Å². The molecule has 0 unspecified atom stereocenters. The molecule has 0 spiro atoms. The van der Waals surface area contributed by atoms with Gasteiger partial charge >= 0.3 is 0 Å². The normalized spacial score (nSPS) is 10.3. The molecule has 0 saturated carbocycles. The van der Waals surface area contributed by atoms with Crippen LogP contribution in [0.25, 0.3) is 10.9 Å². The van der Waals surface area contributed by atoms with E-state index in [-0.39, 0.29) is 17.1 Å². The van der Waals surface area contributed by atoms with Gasteiger partial charge in [-0.05, 0) is 24.7 Å². The maximum Gasteiger partial charge on any atom is 0.204 e. The van der Waals surface area contributed by atoms with Crippen LogP contribution in [-0.2, 0) is 16.1 Å². The van der Waals surface area contributed by atoms with Gasteiger partial charge in [0.15, 0.2) is 5.82 Å². The van der Waals surface area contributed by atoms with Crippen LogP contribution in [0.4, 0.5) is 15.9 Å². The number of benzene rings is 2. The first kappa shape index (κ1) is 24.3. The maximum absolute atomic E-state index is 14.3. The predicted octanol–water partition coefficient (Wildman–Crippen LogP) is 3.40. The van der Waals surface area contributed by atoms with Gasteiger partial charge in [-0.1, -0.05) is 24.6 Å². The zero-order chi connectivity index (χ0) is 22.6. The van der Waals surface area contributed by atoms with Gasteiger partial charge < -0.3 is 25.8 Å². The second kappa shape index (κ2) is 12.6. The minimum atomic E-state index is -0.525. The van der Waals surface area contributed by atoms with Crippen molar-refractivity contribution in [3.63, 3.8) is 0 Å². The molecule has 31 heavy (non-hydrogen) atoms. The summed E-state index contributed by atoms with van der Waals surface area (Å²) in [6, 6.07) is 8.59. The second-order valence-corrected chi connectivity index (χ2v) is 6.59. The van der Waals surface area contributed by atoms with Crippen molar-refractivity contribution in [3.8, 4) is 5.75 Å². The Kier molecular flexibility index (Phi) is 9.89. The lowest BCUT2D eigenvalue weighted by Crippen LogP contribution is -2.14. The van der Waals surface area contributed by atoms with Gasteiger partial charge in [0.2, 0.25) is 6.41 Å². The Hall–Kier alpha value is -3.01. The number of ether oxygens (including phenoxy) is 2. The third-order valence-electron chi connectivity index (χ3n) is 4.13. The van der Waals surface area contributed by atoms with Crippen LogP contribution in [0, 0.1) is 5.82 Å². The van der Waals surface area contributed by atoms with Crippen molar-refractivity contribution in [1.82, 2.24) is 15.3 Å². The number of primary amides is 1. The summed E-state index contributed by atoms with van der Waals surface area (Å²) in [5.74, 6) is 0.694. The first-order valence-electron chi connectivity index (χ1n) is 9.52. The van der Waals surface area contributed by atoms with Gasteiger partial charge in [0.1, 0.15) is 24.5 Å². The first-order chi connectivity index (χ1) is 15.0. The van der Waals surface area contributed by atoms with E-state index in [1.807, 2.05) is 19.1 Å². The summed E-state index contributed by atoms with van der Waals surface area (Å²) in [5, 5.41) is 7.12. The Morgan fingerprint density at radius 3 is 2.74 bits per heavy atom. The number of amides is 1. The summed E-state index contributed by atoms with van der Waals surface area (Å²) in [5.41, 5.74) is 6.06. The van der Waals surface area contributed by atoms with Crippen LogP contribution in [-0.4, -0.2) is 43.2 Å². The topological polar surface area (TPSA) is 111 Å². The predicted molar refractivity (Wildman–Crippen MR) is 119 cm³/mol. The van der Waals surface area contributed by atoms with Crippen LogP contribution in [0.1, 0.15) is 12.5 Å². The quantitative estimate of drug-likeness (QED) is 0.339. The highest BCUT2D eigenvalue weighted by molar-refractivity contribution is 6.31. The maximum atomic E-state index is 14.3. The lowest BCUT2D eigenvalue weighted by atomic mass is 10.1. The summed E-state index contributed by atoms with van der Waals surface area (Å²) in [7, 11) is 1.63. The smallest absolute Gasteiger partial charge is 0.204 e. The number of fused-ring (bicyclic) bond motifs is 1. The number of hydrogen-bond acceptors (Lipinski definition) is 7. The Labute approximate surface area is 184 Å². The Morgan fingerprint density at radius 2 is 2.03 bits per heavy atom. The first-order valence-corrected chi connectivity index (χ1v) is 9.89. The van der Waals surface area contributed by atoms with Gasteiger partial charge in [0.25, 0.3) is 0 Å². The molecule has 8 nitrogen and oxygen atoms in total. The second-order valence-electron chi connectivity index (χ2n) is 6.18. The van der Waals surface area contributed by atoms with E-state index in [1.54, 1.807) is 19.2 Å². The van der Waals surface area contributed by atoms with E-state index in [0.717, 1.165) is 23.2 Å². The number of nitrogens with two attached hydrogens (primary N) is 1. The third-order valence-corrected chi connectivity index (χ3v) is 4.42. The van der Waals surface area contributed by atoms with Crippen LogP contribution in [0.2, 0.25) is 5.02 Å². The van der Waals surface area contributed by atoms with Gasteiger partial charge in [0.05, 0.1) is 22.8 Å². The SMILES string of the molecule is CCNCc1cc2c(Nc3cccc(Cl)c3F)ncnc2cc1OCCOC.NC=O. The molecule has 10 heteroatoms. The van der Waals surface area contributed by atoms with Crippen molar-refractivity contribution >= 4 is 40.4 Å². The molecule has 0 bridgehead atoms. The Morgan fingerprint density at radius 1 is 1.26 bits per heavy atom. The molecule has 0 saturated heterocycles. The highest BCUT2D eigenvalue weighted by atomic mass is 35.5. The molecule has 4 N–H and O–H groups in total. The molecule has 0 aliphatic heterocycles. The highest BCUT2D eigenvalue weighted by Crippen LogP contribution is 2.31. The number of anilines is 2. The van der Waals surface area contributed by atoms with Crippen molar-refractivity contribution in [2.24, 2.45) is 5.73 Å². The zero-order valence-corrected chi connectivity index (χ0v) is 18.1. The van der Waals surface area contributed by atoms with Gasteiger partial charge in [-0.3, -0.25) is 4.79 Å². The fourth-order valence-electron chi connectivity index (χ4n) is 2.72. The molecular weight excluding hydrogens is 425 g/mol. The molecule has 0 aliphatic rings. The number of nitrogens with zero attached hydrogens (tertiary/aromatic N) is 2. The molecule has 1 amide bonds. The van der Waals surface area contributed by atoms with Crippen LogP contribution in [0.15, 0.2) is 36.7 Å². The lowest BCUT2D eigenvalue weighted by Gasteiger charge is -2.15. The zero-order valence-electron chi connectivity index (χ0n) is 17.3. The molecule has 1 aromatic heterocycles. The summed E-state index contributed by atoms with van der Waals surface area (Å²) in [6.45, 7) is 4.40. The highest BCUT2D eigenvalue weighted by Gasteiger charge is 2.13. The van der Waals surface area contributed by atoms with E-state index in [0.29, 0.717) is 31.1 Å². The van der Waals surface area contributed by atoms with E-state index in [2.05, 4.69) is 26.3 Å². The molecule has 0 radical (unpaired) electrons. The Bertz CT molecular complexity index is 1010. The molecule has 3 rings (SSSR count). The van der Waals surface area contributed by atoms with E-state index in [4.69, 9.17) is 25.9 Å². The van der Waals surface area contributed by atoms with Crippen LogP contribution < -0.4 is 21.1 Å². The van der Waals surface area contributed by atoms with Crippen LogP contribution in [0.3, 0.4) is 0 Å². The van der Waals surface area contributed by atoms with Crippen molar-refractivity contribution in [2.45, 2.75) is 13.5 Å². The van der Waals surface area contributed by atoms with E-state index < -0.39 is 5.82 Å². The molecule has 2 aromatic carbocycles. The van der Waals surface area contributed by atoms with Crippen molar-refractivity contribution in [2.75, 3.05) is 32.2 Å². The average molecular weight is 450 g/mol. The summed E-state index contributed by atoms with van der Waals surface area (Å²) >= 11 is 5.88. The number of methoxy groups -OCH3 is 1. The number of hydrogen-bond donors (Lipinski definition) is 3. The van der Waals surface area contributed by atoms with E-state index in [9.17, 15) is 4.39 Å².